The van der Waals surface area contributed by atoms with Gasteiger partial charge in [-0.05, 0) is 23.8 Å². The van der Waals surface area contributed by atoms with Crippen molar-refractivity contribution in [2.45, 2.75) is 5.92 Å². The van der Waals surface area contributed by atoms with E-state index in [4.69, 9.17) is 4.74 Å². The molecule has 0 radical (unpaired) electrons. The van der Waals surface area contributed by atoms with E-state index < -0.39 is 16.6 Å². The van der Waals surface area contributed by atoms with Gasteiger partial charge in [0.2, 0.25) is 0 Å². The molecule has 0 aliphatic carbocycles. The van der Waals surface area contributed by atoms with Crippen LogP contribution < -0.4 is 4.74 Å². The first kappa shape index (κ1) is 14.7. The molecule has 0 bridgehead atoms. The maximum atomic E-state index is 12.3. The SMILES string of the molecule is COc1ccc(C(C#N)C(=O)c2ccc([N+](=O)[O-])s2)cc1. The number of nitrogens with zero attached hydrogens (tertiary/aromatic N) is 2. The van der Waals surface area contributed by atoms with Crippen LogP contribution in [0.2, 0.25) is 0 Å². The van der Waals surface area contributed by atoms with Crippen LogP contribution in [0, 0.1) is 21.4 Å². The maximum absolute atomic E-state index is 12.3. The number of nitro groups is 1. The summed E-state index contributed by atoms with van der Waals surface area (Å²) < 4.78 is 5.02. The van der Waals surface area contributed by atoms with E-state index in [-0.39, 0.29) is 9.88 Å². The van der Waals surface area contributed by atoms with Crippen molar-refractivity contribution in [1.29, 1.82) is 5.26 Å². The second-order valence-electron chi connectivity index (χ2n) is 4.09. The Bertz CT molecular complexity index is 715. The summed E-state index contributed by atoms with van der Waals surface area (Å²) in [4.78, 5) is 22.6. The van der Waals surface area contributed by atoms with E-state index in [1.807, 2.05) is 6.07 Å². The second kappa shape index (κ2) is 6.15. The second-order valence-corrected chi connectivity index (χ2v) is 5.16. The Morgan fingerprint density at radius 2 is 2.00 bits per heavy atom. The molecular formula is C14H10N2O4S. The summed E-state index contributed by atoms with van der Waals surface area (Å²) in [5.74, 6) is -0.815. The summed E-state index contributed by atoms with van der Waals surface area (Å²) in [5, 5.41) is 19.7. The predicted octanol–water partition coefficient (Wildman–Crippen LogP) is 3.15. The first-order valence-corrected chi connectivity index (χ1v) is 6.70. The van der Waals surface area contributed by atoms with Gasteiger partial charge < -0.3 is 4.74 Å². The molecule has 1 aromatic heterocycles. The minimum Gasteiger partial charge on any atom is -0.497 e. The third-order valence-electron chi connectivity index (χ3n) is 2.86. The number of hydrogen-bond acceptors (Lipinski definition) is 6. The summed E-state index contributed by atoms with van der Waals surface area (Å²) in [5.41, 5.74) is 0.527. The highest BCUT2D eigenvalue weighted by molar-refractivity contribution is 7.17. The number of benzene rings is 1. The molecule has 0 N–H and O–H groups in total. The number of carbonyl (C=O) groups excluding carboxylic acids is 1. The lowest BCUT2D eigenvalue weighted by atomic mass is 9.95. The Balaban J connectivity index is 2.29. The Hall–Kier alpha value is -2.72. The van der Waals surface area contributed by atoms with E-state index in [2.05, 4.69) is 0 Å². The van der Waals surface area contributed by atoms with Crippen LogP contribution in [-0.2, 0) is 0 Å². The highest BCUT2D eigenvalue weighted by Crippen LogP contribution is 2.29. The smallest absolute Gasteiger partial charge is 0.324 e. The first-order chi connectivity index (χ1) is 10.1. The molecule has 0 saturated carbocycles. The van der Waals surface area contributed by atoms with Gasteiger partial charge in [0.05, 0.1) is 23.0 Å². The molecule has 21 heavy (non-hydrogen) atoms. The third kappa shape index (κ3) is 3.07. The van der Waals surface area contributed by atoms with Crippen molar-refractivity contribution >= 4 is 22.1 Å². The first-order valence-electron chi connectivity index (χ1n) is 5.89. The van der Waals surface area contributed by atoms with Gasteiger partial charge in [-0.3, -0.25) is 14.9 Å². The average molecular weight is 302 g/mol. The van der Waals surface area contributed by atoms with Crippen LogP contribution in [0.3, 0.4) is 0 Å². The summed E-state index contributed by atoms with van der Waals surface area (Å²) in [7, 11) is 1.52. The molecule has 6 nitrogen and oxygen atoms in total. The standard InChI is InChI=1S/C14H10N2O4S/c1-20-10-4-2-9(3-5-10)11(8-15)14(17)12-6-7-13(21-12)16(18)19/h2-7,11H,1H3. The number of Topliss-reactive ketones (excluding diaryl/α,β-unsaturated/α-hetero) is 1. The molecule has 1 atom stereocenters. The number of rotatable bonds is 5. The average Bonchev–Trinajstić information content (AvgIpc) is 2.98. The number of carbonyl (C=O) groups is 1. The van der Waals surface area contributed by atoms with Crippen LogP contribution in [0.15, 0.2) is 36.4 Å². The predicted molar refractivity (Wildman–Crippen MR) is 76.7 cm³/mol. The van der Waals surface area contributed by atoms with Crippen LogP contribution in [0.1, 0.15) is 21.2 Å². The Morgan fingerprint density at radius 3 is 2.48 bits per heavy atom. The molecule has 0 aliphatic heterocycles. The normalized spacial score (nSPS) is 11.4. The van der Waals surface area contributed by atoms with Gasteiger partial charge in [-0.15, -0.1) is 0 Å². The van der Waals surface area contributed by atoms with E-state index in [0.29, 0.717) is 11.3 Å². The number of ketones is 1. The number of thiophene rings is 1. The molecule has 0 saturated heterocycles. The van der Waals surface area contributed by atoms with Gasteiger partial charge in [-0.25, -0.2) is 0 Å². The van der Waals surface area contributed by atoms with Crippen LogP contribution in [0.5, 0.6) is 5.75 Å². The zero-order valence-corrected chi connectivity index (χ0v) is 11.8. The van der Waals surface area contributed by atoms with Crippen LogP contribution in [-0.4, -0.2) is 17.8 Å². The van der Waals surface area contributed by atoms with Gasteiger partial charge in [0.25, 0.3) is 0 Å². The lowest BCUT2D eigenvalue weighted by Crippen LogP contribution is -2.09. The molecule has 0 amide bonds. The zero-order valence-electron chi connectivity index (χ0n) is 11.0. The van der Waals surface area contributed by atoms with Crippen molar-refractivity contribution in [1.82, 2.24) is 0 Å². The summed E-state index contributed by atoms with van der Waals surface area (Å²) in [6.45, 7) is 0. The highest BCUT2D eigenvalue weighted by atomic mass is 32.1. The van der Waals surface area contributed by atoms with Gasteiger partial charge >= 0.3 is 5.00 Å². The van der Waals surface area contributed by atoms with Gasteiger partial charge in [0.15, 0.2) is 5.78 Å². The number of nitriles is 1. The fourth-order valence-electron chi connectivity index (χ4n) is 1.78. The Morgan fingerprint density at radius 1 is 1.33 bits per heavy atom. The molecule has 7 heteroatoms. The van der Waals surface area contributed by atoms with Gasteiger partial charge in [0, 0.05) is 6.07 Å². The van der Waals surface area contributed by atoms with E-state index in [9.17, 15) is 20.2 Å². The molecule has 0 aliphatic rings. The van der Waals surface area contributed by atoms with E-state index in [1.54, 1.807) is 24.3 Å². The number of ether oxygens (including phenoxy) is 1. The van der Waals surface area contributed by atoms with Crippen molar-refractivity contribution in [2.75, 3.05) is 7.11 Å². The molecule has 2 rings (SSSR count). The van der Waals surface area contributed by atoms with Crippen LogP contribution in [0.25, 0.3) is 0 Å². The van der Waals surface area contributed by atoms with Gasteiger partial charge in [-0.2, -0.15) is 5.26 Å². The largest absolute Gasteiger partial charge is 0.497 e. The van der Waals surface area contributed by atoms with Crippen molar-refractivity contribution in [2.24, 2.45) is 0 Å². The Kier molecular flexibility index (Phi) is 4.30. The fraction of sp³-hybridized carbons (Fsp3) is 0.143. The quantitative estimate of drug-likeness (QED) is 0.480. The topological polar surface area (TPSA) is 93.2 Å². The van der Waals surface area contributed by atoms with Crippen molar-refractivity contribution in [3.8, 4) is 11.8 Å². The minimum absolute atomic E-state index is 0.121. The van der Waals surface area contributed by atoms with Crippen molar-refractivity contribution in [3.05, 3.63) is 57.0 Å². The van der Waals surface area contributed by atoms with Crippen LogP contribution >= 0.6 is 11.3 Å². The molecule has 1 unspecified atom stereocenters. The van der Waals surface area contributed by atoms with E-state index in [0.717, 1.165) is 11.3 Å². The molecule has 1 aromatic carbocycles. The number of methoxy groups -OCH3 is 1. The summed E-state index contributed by atoms with van der Waals surface area (Å²) in [6, 6.07) is 11.2. The lowest BCUT2D eigenvalue weighted by molar-refractivity contribution is -0.380. The zero-order chi connectivity index (χ0) is 15.4. The fourth-order valence-corrected chi connectivity index (χ4v) is 2.57. The van der Waals surface area contributed by atoms with Gasteiger partial charge in [0.1, 0.15) is 11.7 Å². The molecule has 1 heterocycles. The minimum atomic E-state index is -0.992. The highest BCUT2D eigenvalue weighted by Gasteiger charge is 2.25. The summed E-state index contributed by atoms with van der Waals surface area (Å²) >= 11 is 0.771. The lowest BCUT2D eigenvalue weighted by Gasteiger charge is -2.07. The summed E-state index contributed by atoms with van der Waals surface area (Å²) in [6.07, 6.45) is 0. The van der Waals surface area contributed by atoms with E-state index in [1.165, 1.54) is 19.2 Å². The molecular weight excluding hydrogens is 292 g/mol. The van der Waals surface area contributed by atoms with E-state index >= 15 is 0 Å². The Labute approximate surface area is 124 Å². The molecule has 106 valence electrons. The maximum Gasteiger partial charge on any atom is 0.324 e. The monoisotopic (exact) mass is 302 g/mol. The van der Waals surface area contributed by atoms with Crippen LogP contribution in [0.4, 0.5) is 5.00 Å². The van der Waals surface area contributed by atoms with Gasteiger partial charge in [-0.1, -0.05) is 23.5 Å². The van der Waals surface area contributed by atoms with Crippen molar-refractivity contribution in [3.63, 3.8) is 0 Å². The molecule has 0 spiro atoms. The van der Waals surface area contributed by atoms with Crippen molar-refractivity contribution < 1.29 is 14.5 Å². The molecule has 2 aromatic rings. The number of hydrogen-bond donors (Lipinski definition) is 0. The third-order valence-corrected chi connectivity index (χ3v) is 3.91. The molecule has 0 fully saturated rings.